The highest BCUT2D eigenvalue weighted by Crippen LogP contribution is 2.30. The summed E-state index contributed by atoms with van der Waals surface area (Å²) in [6, 6.07) is 5.18. The summed E-state index contributed by atoms with van der Waals surface area (Å²) in [5.74, 6) is 0.714. The molecule has 1 aromatic rings. The monoisotopic (exact) mass is 275 g/mol. The summed E-state index contributed by atoms with van der Waals surface area (Å²) in [5.41, 5.74) is 6.15. The van der Waals surface area contributed by atoms with Gasteiger partial charge in [-0.3, -0.25) is 0 Å². The van der Waals surface area contributed by atoms with Gasteiger partial charge < -0.3 is 5.32 Å². The molecule has 1 rings (SSSR count). The summed E-state index contributed by atoms with van der Waals surface area (Å²) in [6.07, 6.45) is 2.36. The first kappa shape index (κ1) is 17.2. The van der Waals surface area contributed by atoms with Crippen molar-refractivity contribution in [2.75, 3.05) is 7.05 Å². The van der Waals surface area contributed by atoms with Crippen LogP contribution in [-0.4, -0.2) is 13.1 Å². The molecule has 0 radical (unpaired) electrons. The smallest absolute Gasteiger partial charge is 0.0107 e. The Morgan fingerprint density at radius 3 is 1.95 bits per heavy atom. The number of nitrogens with one attached hydrogen (secondary N) is 1. The maximum Gasteiger partial charge on any atom is 0.0107 e. The van der Waals surface area contributed by atoms with Crippen molar-refractivity contribution >= 4 is 0 Å². The average molecular weight is 275 g/mol. The van der Waals surface area contributed by atoms with E-state index in [9.17, 15) is 0 Å². The molecule has 0 amide bonds. The van der Waals surface area contributed by atoms with E-state index in [1.807, 2.05) is 0 Å². The van der Waals surface area contributed by atoms with Crippen LogP contribution in [0.15, 0.2) is 12.1 Å². The minimum Gasteiger partial charge on any atom is -0.317 e. The Hall–Kier alpha value is -0.820. The molecule has 20 heavy (non-hydrogen) atoms. The molecule has 0 bridgehead atoms. The van der Waals surface area contributed by atoms with E-state index in [2.05, 4.69) is 73.0 Å². The van der Waals surface area contributed by atoms with Crippen molar-refractivity contribution in [2.45, 2.75) is 67.3 Å². The lowest BCUT2D eigenvalue weighted by Gasteiger charge is -2.31. The molecule has 1 aromatic carbocycles. The van der Waals surface area contributed by atoms with Gasteiger partial charge in [-0.1, -0.05) is 45.4 Å². The fourth-order valence-electron chi connectivity index (χ4n) is 2.86. The Morgan fingerprint density at radius 1 is 1.05 bits per heavy atom. The Kier molecular flexibility index (Phi) is 5.82. The van der Waals surface area contributed by atoms with Gasteiger partial charge in [-0.15, -0.1) is 0 Å². The summed E-state index contributed by atoms with van der Waals surface area (Å²) in [5, 5.41) is 3.52. The van der Waals surface area contributed by atoms with E-state index in [1.54, 1.807) is 0 Å². The van der Waals surface area contributed by atoms with Gasteiger partial charge >= 0.3 is 0 Å². The first-order valence-electron chi connectivity index (χ1n) is 7.89. The molecule has 1 N–H and O–H groups in total. The van der Waals surface area contributed by atoms with Crippen molar-refractivity contribution in [1.29, 1.82) is 0 Å². The molecule has 0 saturated carbocycles. The maximum absolute atomic E-state index is 3.52. The van der Waals surface area contributed by atoms with Gasteiger partial charge in [0.2, 0.25) is 0 Å². The van der Waals surface area contributed by atoms with Crippen LogP contribution in [0.1, 0.15) is 56.4 Å². The molecule has 1 heteroatoms. The average Bonchev–Trinajstić information content (AvgIpc) is 2.30. The molecule has 1 nitrogen and oxygen atoms in total. The minimum atomic E-state index is 0.381. The van der Waals surface area contributed by atoms with Crippen molar-refractivity contribution in [2.24, 2.45) is 11.3 Å². The summed E-state index contributed by atoms with van der Waals surface area (Å²) in [7, 11) is 2.10. The zero-order valence-electron chi connectivity index (χ0n) is 14.7. The molecule has 0 fully saturated rings. The molecule has 0 aliphatic rings. The molecule has 0 heterocycles. The quantitative estimate of drug-likeness (QED) is 0.812. The van der Waals surface area contributed by atoms with Crippen LogP contribution in [0.25, 0.3) is 0 Å². The number of aryl methyl sites for hydroxylation is 3. The molecule has 0 aliphatic heterocycles. The van der Waals surface area contributed by atoms with Gasteiger partial charge in [0.05, 0.1) is 0 Å². The number of hydrogen-bond donors (Lipinski definition) is 1. The van der Waals surface area contributed by atoms with Crippen LogP contribution in [0.5, 0.6) is 0 Å². The standard InChI is InChI=1S/C19H33N/c1-13-9-14(2)18(15(3)10-13)12-17(20-8)11-16(4)19(5,6)7/h9-10,16-17,20H,11-12H2,1-8H3. The van der Waals surface area contributed by atoms with E-state index in [0.717, 1.165) is 6.42 Å². The Labute approximate surface area is 126 Å². The van der Waals surface area contributed by atoms with Gasteiger partial charge in [0.25, 0.3) is 0 Å². The van der Waals surface area contributed by atoms with E-state index in [1.165, 1.54) is 28.7 Å². The first-order valence-corrected chi connectivity index (χ1v) is 7.89. The second kappa shape index (κ2) is 6.76. The van der Waals surface area contributed by atoms with E-state index >= 15 is 0 Å². The van der Waals surface area contributed by atoms with Gasteiger partial charge in [0, 0.05) is 6.04 Å². The van der Waals surface area contributed by atoms with Gasteiger partial charge in [0.1, 0.15) is 0 Å². The highest BCUT2D eigenvalue weighted by Gasteiger charge is 2.23. The van der Waals surface area contributed by atoms with E-state index in [4.69, 9.17) is 0 Å². The lowest BCUT2D eigenvalue weighted by molar-refractivity contribution is 0.225. The molecule has 2 atom stereocenters. The minimum absolute atomic E-state index is 0.381. The van der Waals surface area contributed by atoms with Crippen LogP contribution < -0.4 is 5.32 Å². The fraction of sp³-hybridized carbons (Fsp3) is 0.684. The Balaban J connectivity index is 2.84. The molecule has 2 unspecified atom stereocenters. The highest BCUT2D eigenvalue weighted by atomic mass is 14.9. The SMILES string of the molecule is CNC(Cc1c(C)cc(C)cc1C)CC(C)C(C)(C)C. The third kappa shape index (κ3) is 4.63. The Bertz CT molecular complexity index is 417. The second-order valence-electron chi connectivity index (χ2n) is 7.57. The van der Waals surface area contributed by atoms with Crippen molar-refractivity contribution in [3.63, 3.8) is 0 Å². The normalized spacial score (nSPS) is 15.2. The Morgan fingerprint density at radius 2 is 1.55 bits per heavy atom. The molecule has 0 aromatic heterocycles. The van der Waals surface area contributed by atoms with Crippen molar-refractivity contribution in [3.8, 4) is 0 Å². The molecule has 0 saturated heterocycles. The number of rotatable bonds is 5. The van der Waals surface area contributed by atoms with Crippen molar-refractivity contribution < 1.29 is 0 Å². The van der Waals surface area contributed by atoms with E-state index < -0.39 is 0 Å². The summed E-state index contributed by atoms with van der Waals surface area (Å²) >= 11 is 0. The summed E-state index contributed by atoms with van der Waals surface area (Å²) < 4.78 is 0. The van der Waals surface area contributed by atoms with Crippen molar-refractivity contribution in [1.82, 2.24) is 5.32 Å². The van der Waals surface area contributed by atoms with Crippen LogP contribution >= 0.6 is 0 Å². The lowest BCUT2D eigenvalue weighted by Crippen LogP contribution is -2.33. The predicted molar refractivity (Wildman–Crippen MR) is 90.4 cm³/mol. The lowest BCUT2D eigenvalue weighted by atomic mass is 9.77. The first-order chi connectivity index (χ1) is 9.15. The second-order valence-corrected chi connectivity index (χ2v) is 7.57. The van der Waals surface area contributed by atoms with Gasteiger partial charge in [-0.05, 0) is 68.7 Å². The van der Waals surface area contributed by atoms with Gasteiger partial charge in [0.15, 0.2) is 0 Å². The highest BCUT2D eigenvalue weighted by molar-refractivity contribution is 5.38. The van der Waals surface area contributed by atoms with Gasteiger partial charge in [-0.25, -0.2) is 0 Å². The fourth-order valence-corrected chi connectivity index (χ4v) is 2.86. The predicted octanol–water partition coefficient (Wildman–Crippen LogP) is 4.81. The van der Waals surface area contributed by atoms with Crippen LogP contribution in [0.4, 0.5) is 0 Å². The van der Waals surface area contributed by atoms with E-state index in [-0.39, 0.29) is 0 Å². The zero-order chi connectivity index (χ0) is 15.5. The van der Waals surface area contributed by atoms with Crippen LogP contribution in [0.2, 0.25) is 0 Å². The van der Waals surface area contributed by atoms with Crippen LogP contribution in [0.3, 0.4) is 0 Å². The number of likely N-dealkylation sites (N-methyl/N-ethyl adjacent to an activating group) is 1. The molecule has 114 valence electrons. The topological polar surface area (TPSA) is 12.0 Å². The number of benzene rings is 1. The van der Waals surface area contributed by atoms with Crippen LogP contribution in [0, 0.1) is 32.1 Å². The molecular formula is C19H33N. The van der Waals surface area contributed by atoms with Crippen molar-refractivity contribution in [3.05, 3.63) is 34.4 Å². The molecule has 0 aliphatic carbocycles. The summed E-state index contributed by atoms with van der Waals surface area (Å²) in [4.78, 5) is 0. The zero-order valence-corrected chi connectivity index (χ0v) is 14.7. The third-order valence-electron chi connectivity index (χ3n) is 4.82. The molecule has 0 spiro atoms. The third-order valence-corrected chi connectivity index (χ3v) is 4.82. The number of hydrogen-bond acceptors (Lipinski definition) is 1. The summed E-state index contributed by atoms with van der Waals surface area (Å²) in [6.45, 7) is 16.1. The maximum atomic E-state index is 3.52. The van der Waals surface area contributed by atoms with E-state index in [0.29, 0.717) is 17.4 Å². The van der Waals surface area contributed by atoms with Crippen LogP contribution in [-0.2, 0) is 6.42 Å². The largest absolute Gasteiger partial charge is 0.317 e. The van der Waals surface area contributed by atoms with Gasteiger partial charge in [-0.2, -0.15) is 0 Å². The molecular weight excluding hydrogens is 242 g/mol.